The predicted molar refractivity (Wildman–Crippen MR) is 49.5 cm³/mol. The van der Waals surface area contributed by atoms with Gasteiger partial charge in [-0.05, 0) is 13.0 Å². The number of nitrogens with zero attached hydrogens (tertiary/aromatic N) is 1. The van der Waals surface area contributed by atoms with Crippen LogP contribution in [0.1, 0.15) is 6.92 Å². The van der Waals surface area contributed by atoms with Gasteiger partial charge in [-0.15, -0.1) is 0 Å². The summed E-state index contributed by atoms with van der Waals surface area (Å²) >= 11 is 0. The number of carbonyl (C=O) groups excluding carboxylic acids is 1. The van der Waals surface area contributed by atoms with Crippen molar-refractivity contribution in [3.05, 3.63) is 35.8 Å². The van der Waals surface area contributed by atoms with Crippen molar-refractivity contribution in [3.63, 3.8) is 0 Å². The number of Topliss-reactive ketones (excluding diaryl/α,β-unsaturated/α-hetero) is 1. The van der Waals surface area contributed by atoms with Gasteiger partial charge >= 0.3 is 0 Å². The quantitative estimate of drug-likeness (QED) is 0.448. The van der Waals surface area contributed by atoms with Gasteiger partial charge in [0.05, 0.1) is 29.2 Å². The Balaban J connectivity index is 2.52. The van der Waals surface area contributed by atoms with Crippen LogP contribution in [0, 0.1) is 5.92 Å². The molecule has 2 rings (SSSR count). The molecule has 0 radical (unpaired) electrons. The highest BCUT2D eigenvalue weighted by Crippen LogP contribution is 2.29. The van der Waals surface area contributed by atoms with Crippen LogP contribution in [0.3, 0.4) is 0 Å². The van der Waals surface area contributed by atoms with Gasteiger partial charge in [-0.2, -0.15) is 0 Å². The topological polar surface area (TPSA) is 49.7 Å². The number of fused-ring (bicyclic) bond motifs is 1. The molecule has 0 spiro atoms. The largest absolute Gasteiger partial charge is 0.515 e. The summed E-state index contributed by atoms with van der Waals surface area (Å²) in [5, 5.41) is 8.84. The lowest BCUT2D eigenvalue weighted by Crippen LogP contribution is -2.24. The van der Waals surface area contributed by atoms with E-state index in [9.17, 15) is 4.79 Å². The van der Waals surface area contributed by atoms with Crippen molar-refractivity contribution >= 4 is 11.5 Å². The molecule has 0 amide bonds. The van der Waals surface area contributed by atoms with Crippen LogP contribution in [0.15, 0.2) is 40.8 Å². The van der Waals surface area contributed by atoms with E-state index in [1.54, 1.807) is 13.0 Å². The zero-order valence-corrected chi connectivity index (χ0v) is 7.19. The molecule has 1 aliphatic heterocycles. The summed E-state index contributed by atoms with van der Waals surface area (Å²) in [7, 11) is 0. The second-order valence-corrected chi connectivity index (χ2v) is 3.06. The number of carbonyl (C=O) groups is 1. The van der Waals surface area contributed by atoms with Crippen LogP contribution in [0.5, 0.6) is 0 Å². The summed E-state index contributed by atoms with van der Waals surface area (Å²) in [5.41, 5.74) is 1.67. The Morgan fingerprint density at radius 3 is 3.08 bits per heavy atom. The average molecular weight is 175 g/mol. The van der Waals surface area contributed by atoms with Gasteiger partial charge in [-0.1, -0.05) is 12.2 Å². The van der Waals surface area contributed by atoms with E-state index in [2.05, 4.69) is 4.99 Å². The monoisotopic (exact) mass is 175 g/mol. The Morgan fingerprint density at radius 1 is 1.62 bits per heavy atom. The molecule has 0 aromatic carbocycles. The van der Waals surface area contributed by atoms with Crippen LogP contribution < -0.4 is 0 Å². The van der Waals surface area contributed by atoms with Gasteiger partial charge in [0.15, 0.2) is 5.78 Å². The molecular formula is C10H9NO2. The highest BCUT2D eigenvalue weighted by Gasteiger charge is 2.31. The maximum Gasteiger partial charge on any atom is 0.180 e. The maximum absolute atomic E-state index is 11.6. The maximum atomic E-state index is 11.6. The van der Waals surface area contributed by atoms with Gasteiger partial charge < -0.3 is 5.11 Å². The van der Waals surface area contributed by atoms with Gasteiger partial charge in [0, 0.05) is 0 Å². The first-order chi connectivity index (χ1) is 6.24. The zero-order chi connectivity index (χ0) is 9.42. The Bertz CT molecular complexity index is 386. The van der Waals surface area contributed by atoms with Crippen molar-refractivity contribution in [2.75, 3.05) is 0 Å². The van der Waals surface area contributed by atoms with Gasteiger partial charge in [0.2, 0.25) is 0 Å². The molecular weight excluding hydrogens is 166 g/mol. The lowest BCUT2D eigenvalue weighted by atomic mass is 9.92. The number of hydrogen-bond donors (Lipinski definition) is 1. The van der Waals surface area contributed by atoms with E-state index < -0.39 is 0 Å². The van der Waals surface area contributed by atoms with E-state index >= 15 is 0 Å². The van der Waals surface area contributed by atoms with E-state index in [0.29, 0.717) is 11.3 Å². The number of ketones is 1. The molecule has 2 aliphatic rings. The Labute approximate surface area is 75.8 Å². The number of hydrogen-bond acceptors (Lipinski definition) is 3. The molecule has 1 N–H and O–H groups in total. The third-order valence-corrected chi connectivity index (χ3v) is 2.25. The van der Waals surface area contributed by atoms with E-state index in [1.165, 1.54) is 0 Å². The molecule has 1 unspecified atom stereocenters. The van der Waals surface area contributed by atoms with Gasteiger partial charge in [0.25, 0.3) is 0 Å². The third-order valence-electron chi connectivity index (χ3n) is 2.25. The minimum atomic E-state index is -0.276. The second kappa shape index (κ2) is 2.69. The molecule has 0 bridgehead atoms. The van der Waals surface area contributed by atoms with E-state index in [4.69, 9.17) is 5.11 Å². The predicted octanol–water partition coefficient (Wildman–Crippen LogP) is 1.54. The standard InChI is InChI=1S/C10H9NO2/c1-6-8(5-12)10(13)7-3-2-4-9(7)11-6/h2-5,7,12H,1H3/b8-5+. The normalized spacial score (nSPS) is 28.8. The van der Waals surface area contributed by atoms with Crippen LogP contribution in [0.25, 0.3) is 0 Å². The summed E-state index contributed by atoms with van der Waals surface area (Å²) in [4.78, 5) is 15.9. The van der Waals surface area contributed by atoms with Gasteiger partial charge in [-0.25, -0.2) is 0 Å². The summed E-state index contributed by atoms with van der Waals surface area (Å²) in [6, 6.07) is 0. The lowest BCUT2D eigenvalue weighted by Gasteiger charge is -2.17. The zero-order valence-electron chi connectivity index (χ0n) is 7.19. The van der Waals surface area contributed by atoms with E-state index in [-0.39, 0.29) is 11.7 Å². The summed E-state index contributed by atoms with van der Waals surface area (Å²) in [6.45, 7) is 1.72. The van der Waals surface area contributed by atoms with Crippen molar-refractivity contribution in [1.29, 1.82) is 0 Å². The van der Waals surface area contributed by atoms with Crippen LogP contribution >= 0.6 is 0 Å². The van der Waals surface area contributed by atoms with Gasteiger partial charge in [0.1, 0.15) is 0 Å². The summed E-state index contributed by atoms with van der Waals surface area (Å²) in [6.07, 6.45) is 6.26. The average Bonchev–Trinajstić information content (AvgIpc) is 2.53. The van der Waals surface area contributed by atoms with Crippen LogP contribution in [0.2, 0.25) is 0 Å². The first-order valence-corrected chi connectivity index (χ1v) is 4.06. The number of allylic oxidation sites excluding steroid dienone is 4. The highest BCUT2D eigenvalue weighted by molar-refractivity contribution is 6.25. The molecule has 3 nitrogen and oxygen atoms in total. The highest BCUT2D eigenvalue weighted by atomic mass is 16.2. The second-order valence-electron chi connectivity index (χ2n) is 3.06. The summed E-state index contributed by atoms with van der Waals surface area (Å²) in [5.74, 6) is -0.350. The molecule has 0 saturated carbocycles. The Hall–Kier alpha value is -1.64. The molecule has 0 fully saturated rings. The van der Waals surface area contributed by atoms with Crippen molar-refractivity contribution in [2.45, 2.75) is 6.92 Å². The molecule has 1 aliphatic carbocycles. The van der Waals surface area contributed by atoms with Crippen molar-refractivity contribution in [3.8, 4) is 0 Å². The molecule has 1 atom stereocenters. The molecule has 0 saturated heterocycles. The first kappa shape index (κ1) is 7.98. The first-order valence-electron chi connectivity index (χ1n) is 4.06. The minimum absolute atomic E-state index is 0.0741. The lowest BCUT2D eigenvalue weighted by molar-refractivity contribution is -0.116. The van der Waals surface area contributed by atoms with Crippen LogP contribution in [0.4, 0.5) is 0 Å². The third kappa shape index (κ3) is 1.04. The fourth-order valence-corrected chi connectivity index (χ4v) is 1.55. The molecule has 3 heteroatoms. The molecule has 0 aromatic heterocycles. The fourth-order valence-electron chi connectivity index (χ4n) is 1.55. The molecule has 13 heavy (non-hydrogen) atoms. The van der Waals surface area contributed by atoms with Crippen molar-refractivity contribution in [1.82, 2.24) is 0 Å². The Morgan fingerprint density at radius 2 is 2.38 bits per heavy atom. The van der Waals surface area contributed by atoms with E-state index in [0.717, 1.165) is 12.0 Å². The number of rotatable bonds is 0. The smallest absolute Gasteiger partial charge is 0.180 e. The van der Waals surface area contributed by atoms with Crippen LogP contribution in [-0.4, -0.2) is 16.6 Å². The summed E-state index contributed by atoms with van der Waals surface area (Å²) < 4.78 is 0. The molecule has 1 heterocycles. The number of aliphatic hydroxyl groups is 1. The van der Waals surface area contributed by atoms with Gasteiger partial charge in [-0.3, -0.25) is 9.79 Å². The SMILES string of the molecule is CC1=NC2=CC=CC2C(=O)/C1=C/O. The Kier molecular flexibility index (Phi) is 1.65. The molecule has 0 aromatic rings. The minimum Gasteiger partial charge on any atom is -0.515 e. The van der Waals surface area contributed by atoms with E-state index in [1.807, 2.05) is 12.2 Å². The number of aliphatic imine (C=N–C) groups is 1. The molecule has 66 valence electrons. The number of aliphatic hydroxyl groups excluding tert-OH is 1. The fraction of sp³-hybridized carbons (Fsp3) is 0.200. The van der Waals surface area contributed by atoms with Crippen molar-refractivity contribution < 1.29 is 9.90 Å². The van der Waals surface area contributed by atoms with Crippen LogP contribution in [-0.2, 0) is 4.79 Å². The van der Waals surface area contributed by atoms with Crippen molar-refractivity contribution in [2.24, 2.45) is 10.9 Å².